The first kappa shape index (κ1) is 16.1. The molecule has 0 saturated carbocycles. The minimum Gasteiger partial charge on any atom is -0.377 e. The van der Waals surface area contributed by atoms with Gasteiger partial charge in [-0.25, -0.2) is 4.39 Å². The van der Waals surface area contributed by atoms with Gasteiger partial charge in [0, 0.05) is 7.11 Å². The molecule has 0 aliphatic carbocycles. The first-order valence-electron chi connectivity index (χ1n) is 7.03. The molecule has 0 aliphatic rings. The number of benzene rings is 1. The minimum atomic E-state index is -0.294. The maximum atomic E-state index is 13.3. The van der Waals surface area contributed by atoms with Crippen LogP contribution in [-0.4, -0.2) is 19.3 Å². The molecule has 0 aromatic heterocycles. The van der Waals surface area contributed by atoms with E-state index in [4.69, 9.17) is 4.74 Å². The van der Waals surface area contributed by atoms with E-state index in [2.05, 4.69) is 26.1 Å². The van der Waals surface area contributed by atoms with E-state index in [1.807, 2.05) is 13.0 Å². The summed E-state index contributed by atoms with van der Waals surface area (Å²) in [5.74, 6) is -0.189. The second kappa shape index (κ2) is 7.01. The quantitative estimate of drug-likeness (QED) is 0.806. The Bertz CT molecular complexity index is 402. The fourth-order valence-corrected chi connectivity index (χ4v) is 2.37. The lowest BCUT2D eigenvalue weighted by Crippen LogP contribution is -2.43. The van der Waals surface area contributed by atoms with Crippen LogP contribution in [0.1, 0.15) is 50.8 Å². The molecule has 3 heteroatoms. The number of aryl methyl sites for hydroxylation is 1. The van der Waals surface area contributed by atoms with Crippen molar-refractivity contribution in [2.75, 3.05) is 13.7 Å². The Kier molecular flexibility index (Phi) is 5.95. The van der Waals surface area contributed by atoms with Crippen LogP contribution in [0, 0.1) is 12.7 Å². The summed E-state index contributed by atoms with van der Waals surface area (Å²) in [7, 11) is 1.74. The summed E-state index contributed by atoms with van der Waals surface area (Å²) in [6, 6.07) is 5.05. The highest BCUT2D eigenvalue weighted by Gasteiger charge is 2.34. The van der Waals surface area contributed by atoms with Crippen molar-refractivity contribution in [1.29, 1.82) is 0 Å². The van der Waals surface area contributed by atoms with Crippen LogP contribution in [0.4, 0.5) is 4.39 Å². The van der Waals surface area contributed by atoms with E-state index in [0.29, 0.717) is 0 Å². The summed E-state index contributed by atoms with van der Waals surface area (Å²) in [4.78, 5) is 0. The summed E-state index contributed by atoms with van der Waals surface area (Å²) in [5.41, 5.74) is 1.78. The molecule has 0 bridgehead atoms. The Balaban J connectivity index is 3.15. The number of rotatable bonds is 7. The number of halogens is 1. The summed E-state index contributed by atoms with van der Waals surface area (Å²) < 4.78 is 19.0. The highest BCUT2D eigenvalue weighted by Crippen LogP contribution is 2.33. The van der Waals surface area contributed by atoms with Gasteiger partial charge in [0.25, 0.3) is 0 Å². The first-order chi connectivity index (χ1) is 8.98. The number of hydrogen-bond acceptors (Lipinski definition) is 2. The van der Waals surface area contributed by atoms with E-state index >= 15 is 0 Å². The van der Waals surface area contributed by atoms with Crippen LogP contribution < -0.4 is 5.32 Å². The number of hydrogen-bond donors (Lipinski definition) is 1. The Morgan fingerprint density at radius 2 is 2.05 bits per heavy atom. The van der Waals surface area contributed by atoms with E-state index in [1.165, 1.54) is 6.07 Å². The average Bonchev–Trinajstić information content (AvgIpc) is 2.40. The third-order valence-electron chi connectivity index (χ3n) is 3.92. The molecule has 0 spiro atoms. The van der Waals surface area contributed by atoms with Crippen LogP contribution in [0.25, 0.3) is 0 Å². The molecular formula is C16H26FNO. The molecule has 0 radical (unpaired) electrons. The van der Waals surface area contributed by atoms with Gasteiger partial charge in [0.15, 0.2) is 0 Å². The Labute approximate surface area is 116 Å². The maximum Gasteiger partial charge on any atom is 0.123 e. The van der Waals surface area contributed by atoms with Gasteiger partial charge in [-0.1, -0.05) is 19.9 Å². The normalized spacial score (nSPS) is 16.1. The van der Waals surface area contributed by atoms with Crippen LogP contribution in [0.15, 0.2) is 18.2 Å². The molecule has 2 unspecified atom stereocenters. The SMILES string of the molecule is CCCNC(c1ccc(F)cc1C)C(C)(CC)OC. The summed E-state index contributed by atoms with van der Waals surface area (Å²) in [5, 5.41) is 3.54. The van der Waals surface area contributed by atoms with Crippen LogP contribution in [0.2, 0.25) is 0 Å². The molecule has 1 rings (SSSR count). The molecule has 0 aliphatic heterocycles. The zero-order valence-electron chi connectivity index (χ0n) is 12.7. The molecule has 0 heterocycles. The van der Waals surface area contributed by atoms with E-state index in [-0.39, 0.29) is 17.5 Å². The second-order valence-electron chi connectivity index (χ2n) is 5.26. The fraction of sp³-hybridized carbons (Fsp3) is 0.625. The van der Waals surface area contributed by atoms with Crippen molar-refractivity contribution in [2.45, 2.75) is 52.2 Å². The third-order valence-corrected chi connectivity index (χ3v) is 3.92. The monoisotopic (exact) mass is 267 g/mol. The smallest absolute Gasteiger partial charge is 0.123 e. The molecule has 19 heavy (non-hydrogen) atoms. The van der Waals surface area contributed by atoms with Gasteiger partial charge >= 0.3 is 0 Å². The van der Waals surface area contributed by atoms with Gasteiger partial charge in [0.1, 0.15) is 5.82 Å². The van der Waals surface area contributed by atoms with Gasteiger partial charge in [0.2, 0.25) is 0 Å². The van der Waals surface area contributed by atoms with E-state index in [9.17, 15) is 4.39 Å². The topological polar surface area (TPSA) is 21.3 Å². The predicted octanol–water partition coefficient (Wildman–Crippen LogP) is 3.99. The average molecular weight is 267 g/mol. The van der Waals surface area contributed by atoms with E-state index < -0.39 is 0 Å². The molecule has 1 aromatic carbocycles. The van der Waals surface area contributed by atoms with Gasteiger partial charge in [-0.3, -0.25) is 0 Å². The zero-order chi connectivity index (χ0) is 14.5. The Morgan fingerprint density at radius 1 is 1.37 bits per heavy atom. The third kappa shape index (κ3) is 3.77. The van der Waals surface area contributed by atoms with Crippen molar-refractivity contribution in [1.82, 2.24) is 5.32 Å². The maximum absolute atomic E-state index is 13.3. The second-order valence-corrected chi connectivity index (χ2v) is 5.26. The fourth-order valence-electron chi connectivity index (χ4n) is 2.37. The van der Waals surface area contributed by atoms with Crippen LogP contribution >= 0.6 is 0 Å². The Hall–Kier alpha value is -0.930. The van der Waals surface area contributed by atoms with E-state index in [0.717, 1.165) is 30.5 Å². The van der Waals surface area contributed by atoms with Gasteiger partial charge in [-0.05, 0) is 56.5 Å². The first-order valence-corrected chi connectivity index (χ1v) is 7.03. The van der Waals surface area contributed by atoms with Crippen molar-refractivity contribution in [3.05, 3.63) is 35.1 Å². The number of ether oxygens (including phenoxy) is 1. The minimum absolute atomic E-state index is 0.0723. The van der Waals surface area contributed by atoms with Gasteiger partial charge in [-0.2, -0.15) is 0 Å². The van der Waals surface area contributed by atoms with Crippen molar-refractivity contribution in [3.8, 4) is 0 Å². The zero-order valence-corrected chi connectivity index (χ0v) is 12.7. The molecule has 1 aromatic rings. The van der Waals surface area contributed by atoms with Crippen LogP contribution in [0.5, 0.6) is 0 Å². The lowest BCUT2D eigenvalue weighted by molar-refractivity contribution is -0.0301. The largest absolute Gasteiger partial charge is 0.377 e. The Morgan fingerprint density at radius 3 is 2.53 bits per heavy atom. The van der Waals surface area contributed by atoms with Gasteiger partial charge < -0.3 is 10.1 Å². The highest BCUT2D eigenvalue weighted by atomic mass is 19.1. The molecule has 2 nitrogen and oxygen atoms in total. The molecular weight excluding hydrogens is 241 g/mol. The lowest BCUT2D eigenvalue weighted by Gasteiger charge is -2.37. The predicted molar refractivity (Wildman–Crippen MR) is 77.9 cm³/mol. The standard InChI is InChI=1S/C16H26FNO/c1-6-10-18-15(16(4,7-2)19-5)14-9-8-13(17)11-12(14)3/h8-9,11,15,18H,6-7,10H2,1-5H3. The van der Waals surface area contributed by atoms with Crippen molar-refractivity contribution >= 4 is 0 Å². The van der Waals surface area contributed by atoms with Crippen molar-refractivity contribution in [3.63, 3.8) is 0 Å². The van der Waals surface area contributed by atoms with Crippen molar-refractivity contribution < 1.29 is 9.13 Å². The molecule has 0 saturated heterocycles. The summed E-state index contributed by atoms with van der Waals surface area (Å²) in [6.07, 6.45) is 1.95. The number of methoxy groups -OCH3 is 1. The van der Waals surface area contributed by atoms with Gasteiger partial charge in [0.05, 0.1) is 11.6 Å². The van der Waals surface area contributed by atoms with Crippen LogP contribution in [0.3, 0.4) is 0 Å². The number of nitrogens with one attached hydrogen (secondary N) is 1. The molecule has 2 atom stereocenters. The molecule has 0 amide bonds. The summed E-state index contributed by atoms with van der Waals surface area (Å²) >= 11 is 0. The molecule has 0 fully saturated rings. The van der Waals surface area contributed by atoms with Gasteiger partial charge in [-0.15, -0.1) is 0 Å². The molecule has 1 N–H and O–H groups in total. The lowest BCUT2D eigenvalue weighted by atomic mass is 9.85. The molecule has 108 valence electrons. The van der Waals surface area contributed by atoms with Crippen molar-refractivity contribution in [2.24, 2.45) is 0 Å². The summed E-state index contributed by atoms with van der Waals surface area (Å²) in [6.45, 7) is 9.22. The van der Waals surface area contributed by atoms with Crippen LogP contribution in [-0.2, 0) is 4.74 Å². The highest BCUT2D eigenvalue weighted by molar-refractivity contribution is 5.31. The van der Waals surface area contributed by atoms with E-state index in [1.54, 1.807) is 13.2 Å².